The predicted octanol–water partition coefficient (Wildman–Crippen LogP) is 7.65. The Labute approximate surface area is 187 Å². The van der Waals surface area contributed by atoms with Crippen molar-refractivity contribution in [3.8, 4) is 0 Å². The fourth-order valence-corrected chi connectivity index (χ4v) is 70.7. The Morgan fingerprint density at radius 3 is 0.643 bits per heavy atom. The summed E-state index contributed by atoms with van der Waals surface area (Å²) in [5.41, 5.74) is 0. The van der Waals surface area contributed by atoms with E-state index >= 15 is 0 Å². The molecule has 8 heteroatoms. The quantitative estimate of drug-likeness (QED) is 0.243. The Bertz CT molecular complexity index is 719. The van der Waals surface area contributed by atoms with Gasteiger partial charge in [-0.1, -0.05) is 0 Å². The second-order valence-corrected chi connectivity index (χ2v) is 49.8. The molecule has 0 aliphatic carbocycles. The van der Waals surface area contributed by atoms with Gasteiger partial charge >= 0.3 is 189 Å². The normalized spacial score (nSPS) is 24.6. The molecule has 0 unspecified atom stereocenters. The summed E-state index contributed by atoms with van der Waals surface area (Å²) in [6.07, 6.45) is 9.27. The molecule has 0 N–H and O–H groups in total. The molecule has 0 amide bonds. The molecular weight excluding hydrogens is 598 g/mol. The molecule has 0 aromatic heterocycles. The van der Waals surface area contributed by atoms with Gasteiger partial charge in [0.05, 0.1) is 0 Å². The molecule has 0 bridgehead atoms. The molecule has 1 rings (SSSR count). The molecule has 4 nitrogen and oxygen atoms in total. The van der Waals surface area contributed by atoms with E-state index in [2.05, 4.69) is 108 Å². The minimum absolute atomic E-state index is 0.103. The van der Waals surface area contributed by atoms with E-state index < -0.39 is 57.1 Å². The van der Waals surface area contributed by atoms with Crippen molar-refractivity contribution in [2.24, 2.45) is 10.3 Å². The van der Waals surface area contributed by atoms with E-state index in [1.165, 1.54) is 0 Å². The van der Waals surface area contributed by atoms with Gasteiger partial charge < -0.3 is 0 Å². The van der Waals surface area contributed by atoms with Gasteiger partial charge in [-0.05, 0) is 0 Å². The summed E-state index contributed by atoms with van der Waals surface area (Å²) in [5.74, 6) is 0. The van der Waals surface area contributed by atoms with E-state index in [4.69, 9.17) is 10.3 Å². The van der Waals surface area contributed by atoms with Crippen molar-refractivity contribution in [1.82, 2.24) is 0 Å². The van der Waals surface area contributed by atoms with E-state index in [1.54, 1.807) is 0 Å². The van der Waals surface area contributed by atoms with Crippen molar-refractivity contribution in [3.05, 3.63) is 0 Å². The first kappa shape index (κ1) is 27.5. The molecular formula is C20H48N4S2Sn2. The van der Waals surface area contributed by atoms with Gasteiger partial charge in [-0.2, -0.15) is 0 Å². The summed E-state index contributed by atoms with van der Waals surface area (Å²) in [4.78, 5) is 0. The zero-order chi connectivity index (χ0) is 22.8. The van der Waals surface area contributed by atoms with Crippen LogP contribution in [0, 0.1) is 0 Å². The fraction of sp³-hybridized carbons (Fsp3) is 1.00. The molecule has 0 spiro atoms. The van der Waals surface area contributed by atoms with E-state index in [-0.39, 0.29) is 13.7 Å². The first-order chi connectivity index (χ1) is 11.8. The van der Waals surface area contributed by atoms with Gasteiger partial charge in [0, 0.05) is 0 Å². The van der Waals surface area contributed by atoms with Crippen LogP contribution in [0.1, 0.15) is 83.1 Å². The van der Waals surface area contributed by atoms with Crippen molar-refractivity contribution >= 4 is 57.1 Å². The third-order valence-corrected chi connectivity index (χ3v) is 56.7. The Morgan fingerprint density at radius 2 is 0.536 bits per heavy atom. The van der Waals surface area contributed by atoms with Crippen LogP contribution in [-0.2, 0) is 19.2 Å². The summed E-state index contributed by atoms with van der Waals surface area (Å²) >= 11 is -6.88. The average Bonchev–Trinajstić information content (AvgIpc) is 2.28. The third-order valence-electron chi connectivity index (χ3n) is 5.61. The Kier molecular flexibility index (Phi) is 7.40. The van der Waals surface area contributed by atoms with Crippen LogP contribution < -0.4 is 0 Å². The average molecular weight is 646 g/mol. The summed E-state index contributed by atoms with van der Waals surface area (Å²) in [7, 11) is -2.96. The van der Waals surface area contributed by atoms with Crippen molar-refractivity contribution in [1.29, 1.82) is 0 Å². The van der Waals surface area contributed by atoms with Crippen LogP contribution in [-0.4, -0.2) is 62.9 Å². The van der Waals surface area contributed by atoms with Crippen molar-refractivity contribution in [2.45, 2.75) is 96.8 Å². The molecule has 0 aromatic carbocycles. The van der Waals surface area contributed by atoms with E-state index in [1.807, 2.05) is 0 Å². The van der Waals surface area contributed by atoms with Crippen molar-refractivity contribution in [2.75, 3.05) is 25.0 Å². The predicted molar refractivity (Wildman–Crippen MR) is 139 cm³/mol. The van der Waals surface area contributed by atoms with Crippen molar-refractivity contribution < 1.29 is 0 Å². The van der Waals surface area contributed by atoms with Crippen LogP contribution in [0.3, 0.4) is 0 Å². The summed E-state index contributed by atoms with van der Waals surface area (Å²) in [6.45, 7) is 28.5. The fourth-order valence-electron chi connectivity index (χ4n) is 4.71. The summed E-state index contributed by atoms with van der Waals surface area (Å²) < 4.78 is 23.7. The van der Waals surface area contributed by atoms with Gasteiger partial charge in [0.25, 0.3) is 0 Å². The Balaban J connectivity index is 4.42. The maximum atomic E-state index is 5.83. The maximum absolute atomic E-state index is 5.83. The molecule has 1 aliphatic rings. The molecule has 28 heavy (non-hydrogen) atoms. The van der Waals surface area contributed by atoms with Crippen LogP contribution in [0.2, 0.25) is 13.7 Å². The third kappa shape index (κ3) is 5.10. The first-order valence-electron chi connectivity index (χ1n) is 10.3. The molecule has 0 fully saturated rings. The molecule has 0 saturated carbocycles. The van der Waals surface area contributed by atoms with E-state index in [0.717, 1.165) is 0 Å². The second kappa shape index (κ2) is 7.53. The van der Waals surface area contributed by atoms with Crippen LogP contribution in [0.5, 0.6) is 0 Å². The molecule has 168 valence electrons. The number of rotatable bonds is 0. The van der Waals surface area contributed by atoms with E-state index in [9.17, 15) is 0 Å². The first-order valence-corrected chi connectivity index (χ1v) is 25.8. The Hall–Kier alpha value is 1.50. The van der Waals surface area contributed by atoms with Crippen LogP contribution in [0.25, 0.3) is 0 Å². The summed E-state index contributed by atoms with van der Waals surface area (Å²) in [5, 5.41) is 0. The number of nitrogens with zero attached hydrogens (tertiary/aromatic N) is 4. The van der Waals surface area contributed by atoms with Gasteiger partial charge in [0.15, 0.2) is 0 Å². The SMILES string of the molecule is C[C](C)(C)[Sn]1([C](C)(C)C)[N]=S(C)(C)=[N][Sn]([C](C)(C)C)([C](C)(C)C)[N]=S(C)(C)=[N]1. The van der Waals surface area contributed by atoms with Crippen LogP contribution in [0.15, 0.2) is 10.3 Å². The Morgan fingerprint density at radius 1 is 0.393 bits per heavy atom. The molecule has 1 aliphatic heterocycles. The van der Waals surface area contributed by atoms with Gasteiger partial charge in [-0.3, -0.25) is 0 Å². The second-order valence-electron chi connectivity index (χ2n) is 13.1. The standard InChI is InChI=1S/4C4H9.2C2H6N2S.2Sn/c4*1-4(2)3;2*1-5(2,3)4;;/h4*1-3H3;2*1-2H3;;/q;;;;2*-2;2*+2. The molecule has 0 aromatic rings. The molecule has 0 saturated heterocycles. The monoisotopic (exact) mass is 648 g/mol. The number of hydrogen-bond acceptors (Lipinski definition) is 4. The zero-order valence-corrected chi connectivity index (χ0v) is 28.9. The van der Waals surface area contributed by atoms with Gasteiger partial charge in [0.1, 0.15) is 0 Å². The van der Waals surface area contributed by atoms with Crippen LogP contribution >= 0.6 is 0 Å². The molecule has 1 heterocycles. The molecule has 0 radical (unpaired) electrons. The van der Waals surface area contributed by atoms with Gasteiger partial charge in [-0.15, -0.1) is 0 Å². The van der Waals surface area contributed by atoms with Gasteiger partial charge in [0.2, 0.25) is 0 Å². The zero-order valence-electron chi connectivity index (χ0n) is 21.6. The summed E-state index contributed by atoms with van der Waals surface area (Å²) in [6, 6.07) is 0. The topological polar surface area (TPSA) is 49.4 Å². The number of hydrogen-bond donors (Lipinski definition) is 0. The van der Waals surface area contributed by atoms with Crippen LogP contribution in [0.4, 0.5) is 0 Å². The minimum atomic E-state index is -3.44. The van der Waals surface area contributed by atoms with E-state index in [0.29, 0.717) is 0 Å². The van der Waals surface area contributed by atoms with Crippen molar-refractivity contribution in [3.63, 3.8) is 0 Å². The molecule has 0 atom stereocenters. The van der Waals surface area contributed by atoms with Gasteiger partial charge in [-0.25, -0.2) is 0 Å².